The highest BCUT2D eigenvalue weighted by Crippen LogP contribution is 2.38. The first-order valence-electron chi connectivity index (χ1n) is 6.77. The highest BCUT2D eigenvalue weighted by Gasteiger charge is 2.41. The number of hydrogen-bond acceptors (Lipinski definition) is 5. The smallest absolute Gasteiger partial charge is 0.331 e. The highest BCUT2D eigenvalue weighted by atomic mass is 79.9. The Morgan fingerprint density at radius 2 is 2.00 bits per heavy atom. The van der Waals surface area contributed by atoms with Gasteiger partial charge in [0.2, 0.25) is 0 Å². The fourth-order valence-electron chi connectivity index (χ4n) is 2.27. The number of carbonyl (C=O) groups is 2. The number of carboxylic acid groups (broad SMARTS) is 1. The third kappa shape index (κ3) is 3.31. The van der Waals surface area contributed by atoms with Crippen LogP contribution < -0.4 is 0 Å². The predicted molar refractivity (Wildman–Crippen MR) is 98.2 cm³/mol. The van der Waals surface area contributed by atoms with Gasteiger partial charge in [-0.3, -0.25) is 9.69 Å². The van der Waals surface area contributed by atoms with Gasteiger partial charge in [-0.15, -0.1) is 0 Å². The van der Waals surface area contributed by atoms with Crippen molar-refractivity contribution in [2.45, 2.75) is 6.04 Å². The monoisotopic (exact) mass is 423 g/mol. The van der Waals surface area contributed by atoms with Crippen LogP contribution in [0.4, 0.5) is 0 Å². The molecule has 0 saturated carbocycles. The van der Waals surface area contributed by atoms with Gasteiger partial charge < -0.3 is 9.52 Å². The molecular formula is C16H10BrNO4S2. The number of benzene rings is 1. The Bertz CT molecular complexity index is 847. The zero-order valence-electron chi connectivity index (χ0n) is 12.0. The summed E-state index contributed by atoms with van der Waals surface area (Å²) < 4.78 is 6.09. The maximum Gasteiger partial charge on any atom is 0.331 e. The molecule has 1 aromatic carbocycles. The summed E-state index contributed by atoms with van der Waals surface area (Å²) in [4.78, 5) is 25.9. The third-order valence-electron chi connectivity index (χ3n) is 3.30. The predicted octanol–water partition coefficient (Wildman–Crippen LogP) is 4.07. The van der Waals surface area contributed by atoms with Crippen LogP contribution in [0, 0.1) is 0 Å². The second kappa shape index (κ2) is 6.92. The Kier molecular flexibility index (Phi) is 4.88. The molecule has 1 aromatic heterocycles. The normalized spacial score (nSPS) is 17.5. The van der Waals surface area contributed by atoms with Crippen LogP contribution in [0.3, 0.4) is 0 Å². The van der Waals surface area contributed by atoms with Crippen molar-refractivity contribution < 1.29 is 19.1 Å². The first kappa shape index (κ1) is 16.9. The summed E-state index contributed by atoms with van der Waals surface area (Å²) in [5.41, 5.74) is 0.489. The Labute approximate surface area is 155 Å². The van der Waals surface area contributed by atoms with E-state index in [0.29, 0.717) is 20.9 Å². The van der Waals surface area contributed by atoms with Crippen molar-refractivity contribution >= 4 is 62.2 Å². The van der Waals surface area contributed by atoms with E-state index in [1.54, 1.807) is 48.5 Å². The van der Waals surface area contributed by atoms with Gasteiger partial charge >= 0.3 is 5.97 Å². The Morgan fingerprint density at radius 1 is 1.29 bits per heavy atom. The molecule has 1 amide bonds. The Morgan fingerprint density at radius 3 is 2.58 bits per heavy atom. The van der Waals surface area contributed by atoms with Crippen LogP contribution in [-0.2, 0) is 9.59 Å². The van der Waals surface area contributed by atoms with E-state index in [0.717, 1.165) is 16.7 Å². The molecule has 1 unspecified atom stereocenters. The topological polar surface area (TPSA) is 70.8 Å². The summed E-state index contributed by atoms with van der Waals surface area (Å²) in [7, 11) is 0. The van der Waals surface area contributed by atoms with Crippen LogP contribution in [0.15, 0.2) is 56.5 Å². The van der Waals surface area contributed by atoms with E-state index in [2.05, 4.69) is 15.9 Å². The molecule has 1 N–H and O–H groups in total. The lowest BCUT2D eigenvalue weighted by atomic mass is 10.1. The largest absolute Gasteiger partial charge is 0.479 e. The van der Waals surface area contributed by atoms with Gasteiger partial charge in [-0.25, -0.2) is 4.79 Å². The molecule has 122 valence electrons. The second-order valence-electron chi connectivity index (χ2n) is 4.85. The number of halogens is 1. The molecule has 8 heteroatoms. The van der Waals surface area contributed by atoms with Gasteiger partial charge in [0, 0.05) is 6.08 Å². The van der Waals surface area contributed by atoms with Crippen molar-refractivity contribution in [3.8, 4) is 0 Å². The quantitative estimate of drug-likeness (QED) is 0.590. The van der Waals surface area contributed by atoms with Crippen molar-refractivity contribution in [3.05, 3.63) is 63.4 Å². The van der Waals surface area contributed by atoms with E-state index in [-0.39, 0.29) is 4.32 Å². The minimum atomic E-state index is -1.16. The van der Waals surface area contributed by atoms with Crippen LogP contribution in [0.25, 0.3) is 6.08 Å². The van der Waals surface area contributed by atoms with Gasteiger partial charge in [0.05, 0.1) is 4.91 Å². The average Bonchev–Trinajstić information content (AvgIpc) is 3.07. The number of rotatable bonds is 4. The lowest BCUT2D eigenvalue weighted by Crippen LogP contribution is -2.37. The molecule has 1 aliphatic rings. The van der Waals surface area contributed by atoms with Crippen LogP contribution >= 0.6 is 39.9 Å². The van der Waals surface area contributed by atoms with E-state index in [1.165, 1.54) is 0 Å². The molecule has 0 aliphatic carbocycles. The summed E-state index contributed by atoms with van der Waals surface area (Å²) >= 11 is 9.48. The molecular weight excluding hydrogens is 414 g/mol. The third-order valence-corrected chi connectivity index (χ3v) is 5.05. The summed E-state index contributed by atoms with van der Waals surface area (Å²) in [6, 6.07) is 10.8. The maximum atomic E-state index is 12.7. The van der Waals surface area contributed by atoms with Gasteiger partial charge in [0.1, 0.15) is 10.1 Å². The number of carboxylic acids is 1. The average molecular weight is 424 g/mol. The number of amides is 1. The van der Waals surface area contributed by atoms with Crippen molar-refractivity contribution in [2.75, 3.05) is 0 Å². The fourth-order valence-corrected chi connectivity index (χ4v) is 3.89. The lowest BCUT2D eigenvalue weighted by Gasteiger charge is -2.23. The van der Waals surface area contributed by atoms with Crippen LogP contribution in [0.1, 0.15) is 17.4 Å². The maximum absolute atomic E-state index is 12.7. The van der Waals surface area contributed by atoms with E-state index in [9.17, 15) is 14.7 Å². The molecule has 1 saturated heterocycles. The second-order valence-corrected chi connectivity index (χ2v) is 7.30. The number of nitrogens with zero attached hydrogens (tertiary/aromatic N) is 1. The number of aliphatic carboxylic acids is 1. The summed E-state index contributed by atoms with van der Waals surface area (Å²) in [6.45, 7) is 0. The van der Waals surface area contributed by atoms with Crippen LogP contribution in [0.2, 0.25) is 0 Å². The molecule has 3 rings (SSSR count). The zero-order chi connectivity index (χ0) is 17.3. The molecule has 24 heavy (non-hydrogen) atoms. The number of carbonyl (C=O) groups excluding carboxylic acids is 1. The number of hydrogen-bond donors (Lipinski definition) is 1. The molecule has 1 atom stereocenters. The summed E-state index contributed by atoms with van der Waals surface area (Å²) in [5.74, 6) is -1.11. The van der Waals surface area contributed by atoms with Gasteiger partial charge in [0.25, 0.3) is 5.91 Å². The van der Waals surface area contributed by atoms with Crippen LogP contribution in [-0.4, -0.2) is 26.2 Å². The van der Waals surface area contributed by atoms with Crippen molar-refractivity contribution in [1.82, 2.24) is 4.90 Å². The first-order valence-corrected chi connectivity index (χ1v) is 8.79. The summed E-state index contributed by atoms with van der Waals surface area (Å²) in [6.07, 6.45) is 1.55. The SMILES string of the molecule is O=C(O)C(c1ccccc1)N1C(=O)C(=Cc2ccc(Br)o2)SC1=S. The van der Waals surface area contributed by atoms with E-state index in [1.807, 2.05) is 0 Å². The van der Waals surface area contributed by atoms with Crippen molar-refractivity contribution in [3.63, 3.8) is 0 Å². The number of furan rings is 1. The van der Waals surface area contributed by atoms with Crippen molar-refractivity contribution in [2.24, 2.45) is 0 Å². The van der Waals surface area contributed by atoms with Crippen molar-refractivity contribution in [1.29, 1.82) is 0 Å². The Balaban J connectivity index is 1.96. The fraction of sp³-hybridized carbons (Fsp3) is 0.0625. The van der Waals surface area contributed by atoms with E-state index in [4.69, 9.17) is 16.6 Å². The molecule has 5 nitrogen and oxygen atoms in total. The standard InChI is InChI=1S/C16H10BrNO4S2/c17-12-7-6-10(22-12)8-11-14(19)18(16(23)24-11)13(15(20)21)9-4-2-1-3-5-9/h1-8,13H,(H,20,21). The molecule has 2 aromatic rings. The molecule has 1 aliphatic heterocycles. The lowest BCUT2D eigenvalue weighted by molar-refractivity contribution is -0.145. The molecule has 0 spiro atoms. The minimum Gasteiger partial charge on any atom is -0.479 e. The first-order chi connectivity index (χ1) is 11.5. The molecule has 0 bridgehead atoms. The van der Waals surface area contributed by atoms with Crippen LogP contribution in [0.5, 0.6) is 0 Å². The minimum absolute atomic E-state index is 0.202. The number of thiocarbonyl (C=S) groups is 1. The molecule has 2 heterocycles. The zero-order valence-corrected chi connectivity index (χ0v) is 15.2. The molecule has 1 fully saturated rings. The Hall–Kier alpha value is -1.90. The van der Waals surface area contributed by atoms with E-state index < -0.39 is 17.9 Å². The van der Waals surface area contributed by atoms with E-state index >= 15 is 0 Å². The van der Waals surface area contributed by atoms with Gasteiger partial charge in [-0.05, 0) is 33.6 Å². The van der Waals surface area contributed by atoms with Gasteiger partial charge in [-0.1, -0.05) is 54.3 Å². The number of thioether (sulfide) groups is 1. The highest BCUT2D eigenvalue weighted by molar-refractivity contribution is 9.10. The van der Waals surface area contributed by atoms with Gasteiger partial charge in [-0.2, -0.15) is 0 Å². The molecule has 0 radical (unpaired) electrons. The summed E-state index contributed by atoms with van der Waals surface area (Å²) in [5, 5.41) is 9.60. The van der Waals surface area contributed by atoms with Gasteiger partial charge in [0.15, 0.2) is 10.7 Å².